The Kier molecular flexibility index (Phi) is 11.6. The van der Waals surface area contributed by atoms with Crippen molar-refractivity contribution >= 4 is 40.2 Å². The average Bonchev–Trinajstić information content (AvgIpc) is 3.81. The maximum absolute atomic E-state index is 15.3. The lowest BCUT2D eigenvalue weighted by atomic mass is 10.00. The van der Waals surface area contributed by atoms with Crippen molar-refractivity contribution in [1.29, 1.82) is 0 Å². The van der Waals surface area contributed by atoms with Gasteiger partial charge in [0.2, 0.25) is 0 Å². The van der Waals surface area contributed by atoms with Crippen LogP contribution in [0.5, 0.6) is 0 Å². The number of amidine groups is 1. The van der Waals surface area contributed by atoms with Crippen LogP contribution in [0.2, 0.25) is 5.02 Å². The van der Waals surface area contributed by atoms with Crippen LogP contribution in [0.3, 0.4) is 0 Å². The van der Waals surface area contributed by atoms with Gasteiger partial charge in [0.1, 0.15) is 5.65 Å². The molecule has 1 aliphatic carbocycles. The van der Waals surface area contributed by atoms with Crippen molar-refractivity contribution in [3.63, 3.8) is 0 Å². The molecule has 11 heteroatoms. The highest BCUT2D eigenvalue weighted by atomic mass is 35.5. The summed E-state index contributed by atoms with van der Waals surface area (Å²) >= 11 is 7.99. The van der Waals surface area contributed by atoms with Crippen molar-refractivity contribution in [2.24, 2.45) is 22.4 Å². The van der Waals surface area contributed by atoms with Crippen molar-refractivity contribution < 1.29 is 4.39 Å². The monoisotopic (exact) mass is 665 g/mol. The van der Waals surface area contributed by atoms with Crippen LogP contribution in [0, 0.1) is 11.7 Å². The summed E-state index contributed by atoms with van der Waals surface area (Å²) in [5.41, 5.74) is 15.7. The maximum atomic E-state index is 15.3. The zero-order chi connectivity index (χ0) is 32.8. The quantitative estimate of drug-likeness (QED) is 0.0436. The maximum Gasteiger partial charge on any atom is 0.354 e. The van der Waals surface area contributed by atoms with Gasteiger partial charge in [-0.1, -0.05) is 31.0 Å². The van der Waals surface area contributed by atoms with Crippen molar-refractivity contribution in [2.45, 2.75) is 82.2 Å². The molecule has 2 aromatic carbocycles. The first kappa shape index (κ1) is 34.2. The number of rotatable bonds is 16. The molecule has 0 spiro atoms. The number of aromatic nitrogens is 3. The molecule has 0 radical (unpaired) electrons. The van der Waals surface area contributed by atoms with Gasteiger partial charge in [-0.3, -0.25) is 9.56 Å². The molecule has 1 fully saturated rings. The van der Waals surface area contributed by atoms with Crippen LogP contribution in [0.25, 0.3) is 28.0 Å². The summed E-state index contributed by atoms with van der Waals surface area (Å²) in [6, 6.07) is 11.8. The Morgan fingerprint density at radius 1 is 1.24 bits per heavy atom. The first-order valence-corrected chi connectivity index (χ1v) is 17.8. The first-order chi connectivity index (χ1) is 22.2. The summed E-state index contributed by atoms with van der Waals surface area (Å²) in [4.78, 5) is 26.1. The predicted octanol–water partition coefficient (Wildman–Crippen LogP) is 7.15. The van der Waals surface area contributed by atoms with E-state index in [2.05, 4.69) is 33.3 Å². The smallest absolute Gasteiger partial charge is 0.354 e. The van der Waals surface area contributed by atoms with Gasteiger partial charge in [-0.2, -0.15) is 4.98 Å². The van der Waals surface area contributed by atoms with Crippen molar-refractivity contribution in [2.75, 3.05) is 19.3 Å². The van der Waals surface area contributed by atoms with Crippen LogP contribution in [0.4, 0.5) is 4.39 Å². The summed E-state index contributed by atoms with van der Waals surface area (Å²) in [6.45, 7) is 5.51. The Labute approximate surface area is 279 Å². The SMILES string of the molecule is CCCC(NCCCN=C(C)N)c1ccc(-n2cc3cc(-c4cc(CCCC(N)C5CC5)cc(Cl)c4F)[nH]c3nc2=O)cc1SC. The van der Waals surface area contributed by atoms with Gasteiger partial charge in [-0.05, 0) is 112 Å². The molecule has 246 valence electrons. The summed E-state index contributed by atoms with van der Waals surface area (Å²) < 4.78 is 16.8. The predicted molar refractivity (Wildman–Crippen MR) is 190 cm³/mol. The molecule has 2 heterocycles. The number of aromatic amines is 1. The van der Waals surface area contributed by atoms with Gasteiger partial charge in [0.05, 0.1) is 22.2 Å². The number of fused-ring (bicyclic) bond motifs is 1. The van der Waals surface area contributed by atoms with E-state index >= 15 is 4.39 Å². The molecule has 1 aliphatic rings. The zero-order valence-corrected chi connectivity index (χ0v) is 28.5. The van der Waals surface area contributed by atoms with E-state index in [-0.39, 0.29) is 17.1 Å². The minimum absolute atomic E-state index is 0.0740. The molecule has 0 aliphatic heterocycles. The largest absolute Gasteiger partial charge is 0.388 e. The molecule has 6 N–H and O–H groups in total. The van der Waals surface area contributed by atoms with E-state index in [1.807, 2.05) is 30.5 Å². The number of nitrogens with zero attached hydrogens (tertiary/aromatic N) is 3. The van der Waals surface area contributed by atoms with Gasteiger partial charge in [-0.25, -0.2) is 9.18 Å². The molecule has 4 aromatic rings. The molecule has 0 amide bonds. The van der Waals surface area contributed by atoms with Crippen LogP contribution in [-0.4, -0.2) is 45.8 Å². The molecule has 0 saturated heterocycles. The van der Waals surface area contributed by atoms with Gasteiger partial charge in [0, 0.05) is 40.7 Å². The van der Waals surface area contributed by atoms with Crippen LogP contribution in [0.1, 0.15) is 76.0 Å². The number of halogens is 2. The molecule has 2 atom stereocenters. The Balaban J connectivity index is 1.38. The number of thioether (sulfide) groups is 1. The number of hydrogen-bond donors (Lipinski definition) is 4. The van der Waals surface area contributed by atoms with Gasteiger partial charge in [0.15, 0.2) is 5.82 Å². The van der Waals surface area contributed by atoms with E-state index < -0.39 is 11.5 Å². The second kappa shape index (κ2) is 15.6. The third-order valence-electron chi connectivity index (χ3n) is 8.65. The Morgan fingerprint density at radius 2 is 2.04 bits per heavy atom. The van der Waals surface area contributed by atoms with E-state index in [1.165, 1.54) is 18.4 Å². The van der Waals surface area contributed by atoms with Crippen LogP contribution in [-0.2, 0) is 6.42 Å². The van der Waals surface area contributed by atoms with E-state index in [0.29, 0.717) is 40.6 Å². The highest BCUT2D eigenvalue weighted by Gasteiger charge is 2.27. The molecule has 5 rings (SSSR count). The second-order valence-corrected chi connectivity index (χ2v) is 13.6. The number of aryl methyl sites for hydroxylation is 1. The Hall–Kier alpha value is -3.18. The molecule has 0 bridgehead atoms. The minimum atomic E-state index is -0.500. The van der Waals surface area contributed by atoms with Gasteiger partial charge in [-0.15, -0.1) is 11.8 Å². The number of H-pyrrole nitrogens is 1. The Morgan fingerprint density at radius 3 is 2.76 bits per heavy atom. The summed E-state index contributed by atoms with van der Waals surface area (Å²) in [5, 5.41) is 4.45. The highest BCUT2D eigenvalue weighted by molar-refractivity contribution is 7.98. The highest BCUT2D eigenvalue weighted by Crippen LogP contribution is 2.35. The fourth-order valence-electron chi connectivity index (χ4n) is 6.02. The standard InChI is InChI=1S/C35H45ClFN7OS/c1-4-7-30(41-15-6-14-40-21(2)38)26-13-12-25(19-32(26)46-3)44-20-24-18-31(42-34(24)43-35(44)45)27-16-22(17-28(36)33(27)37)8-5-9-29(39)23-10-11-23/h12-13,16-20,23,29-30,41H,4-11,14-15,39H2,1-3H3,(H2,38,40)(H,42,43,45). The molecule has 2 aromatic heterocycles. The Bertz CT molecular complexity index is 1750. The summed E-state index contributed by atoms with van der Waals surface area (Å²) in [7, 11) is 0. The van der Waals surface area contributed by atoms with Gasteiger partial charge < -0.3 is 21.8 Å². The lowest BCUT2D eigenvalue weighted by molar-refractivity contribution is 0.484. The molecule has 46 heavy (non-hydrogen) atoms. The van der Waals surface area contributed by atoms with E-state index in [1.54, 1.807) is 35.5 Å². The third kappa shape index (κ3) is 8.39. The first-order valence-electron chi connectivity index (χ1n) is 16.2. The van der Waals surface area contributed by atoms with E-state index in [0.717, 1.165) is 61.2 Å². The number of benzene rings is 2. The number of nitrogens with one attached hydrogen (secondary N) is 2. The lowest BCUT2D eigenvalue weighted by Crippen LogP contribution is -2.24. The lowest BCUT2D eigenvalue weighted by Gasteiger charge is -2.22. The van der Waals surface area contributed by atoms with E-state index in [4.69, 9.17) is 23.1 Å². The molecule has 8 nitrogen and oxygen atoms in total. The fourth-order valence-corrected chi connectivity index (χ4v) is 6.94. The van der Waals surface area contributed by atoms with Crippen molar-refractivity contribution in [3.8, 4) is 16.9 Å². The fraction of sp³-hybridized carbons (Fsp3) is 0.457. The second-order valence-electron chi connectivity index (χ2n) is 12.3. The minimum Gasteiger partial charge on any atom is -0.388 e. The number of hydrogen-bond acceptors (Lipinski definition) is 6. The van der Waals surface area contributed by atoms with Gasteiger partial charge >= 0.3 is 5.69 Å². The van der Waals surface area contributed by atoms with Crippen molar-refractivity contribution in [1.82, 2.24) is 19.9 Å². The zero-order valence-electron chi connectivity index (χ0n) is 26.9. The van der Waals surface area contributed by atoms with E-state index in [9.17, 15) is 4.79 Å². The summed E-state index contributed by atoms with van der Waals surface area (Å²) in [5.74, 6) is 0.757. The number of nitrogens with two attached hydrogens (primary N) is 2. The topological polar surface area (TPSA) is 127 Å². The molecule has 2 unspecified atom stereocenters. The normalized spacial score (nSPS) is 15.0. The molecular formula is C35H45ClFN7OS. The van der Waals surface area contributed by atoms with Crippen LogP contribution in [0.15, 0.2) is 57.3 Å². The van der Waals surface area contributed by atoms with Crippen LogP contribution >= 0.6 is 23.4 Å². The van der Waals surface area contributed by atoms with Gasteiger partial charge in [0.25, 0.3) is 0 Å². The van der Waals surface area contributed by atoms with Crippen LogP contribution < -0.4 is 22.5 Å². The molecule has 1 saturated carbocycles. The molecular weight excluding hydrogens is 621 g/mol. The average molecular weight is 666 g/mol. The number of aliphatic imine (C=N–C) groups is 1. The third-order valence-corrected chi connectivity index (χ3v) is 9.72. The summed E-state index contributed by atoms with van der Waals surface area (Å²) in [6.07, 6.45) is 11.8. The van der Waals surface area contributed by atoms with Crippen molar-refractivity contribution in [3.05, 3.63) is 75.0 Å².